The highest BCUT2D eigenvalue weighted by atomic mass is 16.7. The highest BCUT2D eigenvalue weighted by molar-refractivity contribution is 5.84. The lowest BCUT2D eigenvalue weighted by atomic mass is 9.84. The van der Waals surface area contributed by atoms with Crippen molar-refractivity contribution in [3.63, 3.8) is 0 Å². The highest BCUT2D eigenvalue weighted by Gasteiger charge is 2.42. The molecule has 1 aromatic rings. The van der Waals surface area contributed by atoms with Gasteiger partial charge in [-0.15, -0.1) is 0 Å². The van der Waals surface area contributed by atoms with E-state index in [0.717, 1.165) is 18.4 Å². The van der Waals surface area contributed by atoms with Crippen LogP contribution in [0.3, 0.4) is 0 Å². The van der Waals surface area contributed by atoms with E-state index >= 15 is 0 Å². The lowest BCUT2D eigenvalue weighted by Crippen LogP contribution is -2.49. The molecular weight excluding hydrogens is 296 g/mol. The van der Waals surface area contributed by atoms with Crippen molar-refractivity contribution in [3.8, 4) is 0 Å². The van der Waals surface area contributed by atoms with E-state index in [1.54, 1.807) is 15.8 Å². The van der Waals surface area contributed by atoms with E-state index in [2.05, 4.69) is 5.10 Å². The number of likely N-dealkylation sites (tertiary alicyclic amines) is 1. The minimum atomic E-state index is -0.269. The van der Waals surface area contributed by atoms with E-state index in [0.29, 0.717) is 32.5 Å². The third kappa shape index (κ3) is 3.10. The van der Waals surface area contributed by atoms with Crippen molar-refractivity contribution in [1.29, 1.82) is 0 Å². The molecule has 0 unspecified atom stereocenters. The maximum absolute atomic E-state index is 12.9. The van der Waals surface area contributed by atoms with Crippen molar-refractivity contribution in [2.24, 2.45) is 13.0 Å². The predicted octanol–water partition coefficient (Wildman–Crippen LogP) is 1.27. The summed E-state index contributed by atoms with van der Waals surface area (Å²) in [5.41, 5.74) is 0.915. The number of aromatic nitrogens is 2. The first kappa shape index (κ1) is 16.0. The average molecular weight is 320 g/mol. The summed E-state index contributed by atoms with van der Waals surface area (Å²) in [5, 5.41) is 5.72. The summed E-state index contributed by atoms with van der Waals surface area (Å²) in [5.74, 6) is -0.176. The van der Waals surface area contributed by atoms with Crippen LogP contribution in [0.2, 0.25) is 0 Å². The molecule has 1 aromatic heterocycles. The third-order valence-electron chi connectivity index (χ3n) is 4.68. The number of rotatable bonds is 3. The Bertz CT molecular complexity index is 580. The predicted molar refractivity (Wildman–Crippen MR) is 83.0 cm³/mol. The Hall–Kier alpha value is -1.89. The number of aryl methyl sites for hydroxylation is 1. The van der Waals surface area contributed by atoms with Crippen molar-refractivity contribution in [1.82, 2.24) is 19.7 Å². The summed E-state index contributed by atoms with van der Waals surface area (Å²) in [6, 6.07) is -0.257. The van der Waals surface area contributed by atoms with Crippen molar-refractivity contribution < 1.29 is 14.4 Å². The highest BCUT2D eigenvalue weighted by Crippen LogP contribution is 2.37. The monoisotopic (exact) mass is 320 g/mol. The number of hydrogen-bond acceptors (Lipinski definition) is 4. The topological polar surface area (TPSA) is 67.7 Å². The number of carbonyl (C=O) groups excluding carboxylic acids is 2. The van der Waals surface area contributed by atoms with E-state index in [4.69, 9.17) is 4.84 Å². The Morgan fingerprint density at radius 1 is 1.43 bits per heavy atom. The summed E-state index contributed by atoms with van der Waals surface area (Å²) in [6.45, 7) is 3.76. The molecule has 0 aromatic carbocycles. The summed E-state index contributed by atoms with van der Waals surface area (Å²) in [4.78, 5) is 32.6. The van der Waals surface area contributed by atoms with Gasteiger partial charge in [0.2, 0.25) is 5.91 Å². The number of hydrogen-bond donors (Lipinski definition) is 0. The van der Waals surface area contributed by atoms with Gasteiger partial charge in [0.05, 0.1) is 24.8 Å². The molecule has 2 atom stereocenters. The fraction of sp³-hybridized carbons (Fsp3) is 0.688. The van der Waals surface area contributed by atoms with Crippen LogP contribution in [0.5, 0.6) is 0 Å². The molecule has 2 saturated heterocycles. The molecule has 0 saturated carbocycles. The summed E-state index contributed by atoms with van der Waals surface area (Å²) in [6.07, 6.45) is 6.57. The van der Waals surface area contributed by atoms with Gasteiger partial charge in [-0.2, -0.15) is 5.10 Å². The van der Waals surface area contributed by atoms with Crippen LogP contribution in [0, 0.1) is 5.92 Å². The van der Waals surface area contributed by atoms with E-state index in [1.165, 1.54) is 5.06 Å². The molecule has 0 N–H and O–H groups in total. The zero-order valence-corrected chi connectivity index (χ0v) is 13.8. The van der Waals surface area contributed by atoms with Crippen molar-refractivity contribution in [2.75, 3.05) is 19.7 Å². The molecule has 126 valence electrons. The van der Waals surface area contributed by atoms with Crippen molar-refractivity contribution >= 4 is 11.8 Å². The number of amides is 2. The second kappa shape index (κ2) is 6.70. The smallest absolute Gasteiger partial charge is 0.251 e. The van der Waals surface area contributed by atoms with Crippen LogP contribution in [0.4, 0.5) is 0 Å². The van der Waals surface area contributed by atoms with Crippen molar-refractivity contribution in [3.05, 3.63) is 18.0 Å². The molecule has 23 heavy (non-hydrogen) atoms. The van der Waals surface area contributed by atoms with Crippen LogP contribution in [0.15, 0.2) is 12.4 Å². The zero-order chi connectivity index (χ0) is 16.4. The molecule has 7 heteroatoms. The average Bonchev–Trinajstić information content (AvgIpc) is 3.00. The SMILES string of the molecule is CCN1C(=O)CC[C@H](C(=O)N2CCCCO2)[C@@H]1c1cnn(C)c1. The van der Waals surface area contributed by atoms with Gasteiger partial charge in [0.1, 0.15) is 0 Å². The second-order valence-corrected chi connectivity index (χ2v) is 6.20. The lowest BCUT2D eigenvalue weighted by molar-refractivity contribution is -0.204. The van der Waals surface area contributed by atoms with E-state index in [9.17, 15) is 9.59 Å². The van der Waals surface area contributed by atoms with Gasteiger partial charge in [-0.3, -0.25) is 19.1 Å². The zero-order valence-electron chi connectivity index (χ0n) is 13.8. The van der Waals surface area contributed by atoms with Gasteiger partial charge in [-0.25, -0.2) is 5.06 Å². The first-order valence-corrected chi connectivity index (χ1v) is 8.34. The minimum absolute atomic E-state index is 0.00972. The van der Waals surface area contributed by atoms with E-state index in [-0.39, 0.29) is 23.8 Å². The number of hydroxylamine groups is 2. The maximum Gasteiger partial charge on any atom is 0.251 e. The van der Waals surface area contributed by atoms with Gasteiger partial charge < -0.3 is 4.90 Å². The molecule has 7 nitrogen and oxygen atoms in total. The number of piperidine rings is 1. The second-order valence-electron chi connectivity index (χ2n) is 6.20. The first-order valence-electron chi connectivity index (χ1n) is 8.34. The molecule has 2 amide bonds. The van der Waals surface area contributed by atoms with Crippen LogP contribution in [0.25, 0.3) is 0 Å². The summed E-state index contributed by atoms with van der Waals surface area (Å²) < 4.78 is 1.71. The fourth-order valence-corrected chi connectivity index (χ4v) is 3.55. The quantitative estimate of drug-likeness (QED) is 0.841. The summed E-state index contributed by atoms with van der Waals surface area (Å²) >= 11 is 0. The van der Waals surface area contributed by atoms with Gasteiger partial charge in [0.15, 0.2) is 0 Å². The number of carbonyl (C=O) groups is 2. The van der Waals surface area contributed by atoms with Crippen LogP contribution >= 0.6 is 0 Å². The molecule has 0 bridgehead atoms. The minimum Gasteiger partial charge on any atom is -0.335 e. The molecule has 2 aliphatic heterocycles. The Balaban J connectivity index is 1.89. The molecule has 3 rings (SSSR count). The van der Waals surface area contributed by atoms with Crippen LogP contribution < -0.4 is 0 Å². The Kier molecular flexibility index (Phi) is 4.66. The van der Waals surface area contributed by atoms with Gasteiger partial charge in [0, 0.05) is 38.3 Å². The van der Waals surface area contributed by atoms with E-state index < -0.39 is 0 Å². The Morgan fingerprint density at radius 2 is 2.26 bits per heavy atom. The molecule has 2 fully saturated rings. The van der Waals surface area contributed by atoms with Crippen LogP contribution in [0.1, 0.15) is 44.2 Å². The fourth-order valence-electron chi connectivity index (χ4n) is 3.55. The third-order valence-corrected chi connectivity index (χ3v) is 4.68. The van der Waals surface area contributed by atoms with Gasteiger partial charge in [-0.05, 0) is 26.2 Å². The van der Waals surface area contributed by atoms with Crippen LogP contribution in [-0.2, 0) is 21.5 Å². The van der Waals surface area contributed by atoms with Gasteiger partial charge in [0.25, 0.3) is 5.91 Å². The van der Waals surface area contributed by atoms with Gasteiger partial charge in [-0.1, -0.05) is 0 Å². The Morgan fingerprint density at radius 3 is 2.87 bits per heavy atom. The molecule has 3 heterocycles. The first-order chi connectivity index (χ1) is 11.1. The normalized spacial score (nSPS) is 25.7. The number of nitrogens with zero attached hydrogens (tertiary/aromatic N) is 4. The molecule has 0 radical (unpaired) electrons. The van der Waals surface area contributed by atoms with E-state index in [1.807, 2.05) is 20.2 Å². The maximum atomic E-state index is 12.9. The largest absolute Gasteiger partial charge is 0.335 e. The molecule has 2 aliphatic rings. The molecule has 0 aliphatic carbocycles. The molecular formula is C16H24N4O3. The Labute approximate surface area is 136 Å². The van der Waals surface area contributed by atoms with Gasteiger partial charge >= 0.3 is 0 Å². The summed E-state index contributed by atoms with van der Waals surface area (Å²) in [7, 11) is 1.84. The lowest BCUT2D eigenvalue weighted by Gasteiger charge is -2.41. The molecule has 0 spiro atoms. The standard InChI is InChI=1S/C16H24N4O3/c1-3-19-14(21)7-6-13(15(19)12-10-17-18(2)11-12)16(22)20-8-4-5-9-23-20/h10-11,13,15H,3-9H2,1-2H3/t13-,15-/m0/s1. The van der Waals surface area contributed by atoms with Crippen LogP contribution in [-0.4, -0.2) is 51.3 Å². The van der Waals surface area contributed by atoms with Crippen molar-refractivity contribution in [2.45, 2.75) is 38.6 Å².